The second-order valence-electron chi connectivity index (χ2n) is 2.80. The molecular weight excluding hydrogens is 249 g/mol. The maximum Gasteiger partial charge on any atom is 0.0538 e. The van der Waals surface area contributed by atoms with Gasteiger partial charge < -0.3 is 5.73 Å². The number of benzene rings is 2. The highest BCUT2D eigenvalue weighted by atomic mass is 79.9. The van der Waals surface area contributed by atoms with Gasteiger partial charge in [0.1, 0.15) is 0 Å². The van der Waals surface area contributed by atoms with Crippen molar-refractivity contribution in [3.8, 4) is 0 Å². The van der Waals surface area contributed by atoms with Crippen LogP contribution in [0.15, 0.2) is 34.8 Å². The summed E-state index contributed by atoms with van der Waals surface area (Å²) in [5.74, 6) is 0. The first-order valence-electron chi connectivity index (χ1n) is 3.82. The summed E-state index contributed by atoms with van der Waals surface area (Å²) in [6.45, 7) is 0. The molecule has 0 spiro atoms. The highest BCUT2D eigenvalue weighted by molar-refractivity contribution is 9.10. The number of nitrogens with two attached hydrogens (primary N) is 1. The SMILES string of the molecule is Nc1c(Br)ccc2c(Cl)cccc12. The van der Waals surface area contributed by atoms with Crippen LogP contribution in [0.2, 0.25) is 5.02 Å². The minimum absolute atomic E-state index is 0.733. The quantitative estimate of drug-likeness (QED) is 0.712. The molecule has 2 rings (SSSR count). The van der Waals surface area contributed by atoms with Crippen LogP contribution in [-0.2, 0) is 0 Å². The summed E-state index contributed by atoms with van der Waals surface area (Å²) in [7, 11) is 0. The van der Waals surface area contributed by atoms with Crippen LogP contribution in [0.1, 0.15) is 0 Å². The monoisotopic (exact) mass is 255 g/mol. The zero-order chi connectivity index (χ0) is 9.42. The van der Waals surface area contributed by atoms with Crippen LogP contribution in [0.5, 0.6) is 0 Å². The molecule has 0 heterocycles. The summed E-state index contributed by atoms with van der Waals surface area (Å²) in [4.78, 5) is 0. The van der Waals surface area contributed by atoms with Gasteiger partial charge in [-0.05, 0) is 28.1 Å². The van der Waals surface area contributed by atoms with Crippen molar-refractivity contribution in [3.05, 3.63) is 39.8 Å². The molecular formula is C10H7BrClN. The lowest BCUT2D eigenvalue weighted by Gasteiger charge is -2.04. The van der Waals surface area contributed by atoms with E-state index in [-0.39, 0.29) is 0 Å². The van der Waals surface area contributed by atoms with E-state index in [1.54, 1.807) is 0 Å². The van der Waals surface area contributed by atoms with Crippen molar-refractivity contribution in [3.63, 3.8) is 0 Å². The first kappa shape index (κ1) is 8.85. The molecule has 0 aliphatic rings. The van der Waals surface area contributed by atoms with Crippen LogP contribution < -0.4 is 5.73 Å². The van der Waals surface area contributed by atoms with Crippen LogP contribution in [0.25, 0.3) is 10.8 Å². The number of anilines is 1. The summed E-state index contributed by atoms with van der Waals surface area (Å²) >= 11 is 9.38. The molecule has 0 aromatic heterocycles. The number of hydrogen-bond donors (Lipinski definition) is 1. The minimum atomic E-state index is 0.733. The average molecular weight is 257 g/mol. The lowest BCUT2D eigenvalue weighted by molar-refractivity contribution is 1.68. The number of halogens is 2. The van der Waals surface area contributed by atoms with Gasteiger partial charge in [0.25, 0.3) is 0 Å². The number of fused-ring (bicyclic) bond motifs is 1. The van der Waals surface area contributed by atoms with E-state index in [1.807, 2.05) is 30.3 Å². The predicted molar refractivity (Wildman–Crippen MR) is 61.1 cm³/mol. The average Bonchev–Trinajstić information content (AvgIpc) is 2.12. The highest BCUT2D eigenvalue weighted by Gasteiger charge is 2.03. The lowest BCUT2D eigenvalue weighted by atomic mass is 10.1. The Morgan fingerprint density at radius 1 is 1.08 bits per heavy atom. The maximum atomic E-state index is 6.01. The Bertz CT molecular complexity index is 468. The Kier molecular flexibility index (Phi) is 2.18. The van der Waals surface area contributed by atoms with Crippen LogP contribution in [0.3, 0.4) is 0 Å². The van der Waals surface area contributed by atoms with E-state index < -0.39 is 0 Å². The highest BCUT2D eigenvalue weighted by Crippen LogP contribution is 2.32. The normalized spacial score (nSPS) is 10.6. The predicted octanol–water partition coefficient (Wildman–Crippen LogP) is 3.84. The molecule has 0 aliphatic carbocycles. The molecule has 0 fully saturated rings. The zero-order valence-electron chi connectivity index (χ0n) is 6.72. The van der Waals surface area contributed by atoms with Gasteiger partial charge in [-0.2, -0.15) is 0 Å². The second-order valence-corrected chi connectivity index (χ2v) is 4.06. The molecule has 0 aliphatic heterocycles. The third-order valence-electron chi connectivity index (χ3n) is 2.00. The minimum Gasteiger partial charge on any atom is -0.397 e. The van der Waals surface area contributed by atoms with Crippen molar-refractivity contribution in [1.82, 2.24) is 0 Å². The van der Waals surface area contributed by atoms with Gasteiger partial charge >= 0.3 is 0 Å². The van der Waals surface area contributed by atoms with Crippen molar-refractivity contribution >= 4 is 44.0 Å². The largest absolute Gasteiger partial charge is 0.397 e. The van der Waals surface area contributed by atoms with E-state index in [4.69, 9.17) is 17.3 Å². The van der Waals surface area contributed by atoms with Crippen LogP contribution >= 0.6 is 27.5 Å². The molecule has 2 aromatic carbocycles. The Morgan fingerprint density at radius 3 is 2.62 bits per heavy atom. The third kappa shape index (κ3) is 1.40. The second kappa shape index (κ2) is 3.20. The molecule has 0 bridgehead atoms. The number of nitrogen functional groups attached to an aromatic ring is 1. The van der Waals surface area contributed by atoms with Crippen LogP contribution in [0, 0.1) is 0 Å². The fourth-order valence-electron chi connectivity index (χ4n) is 1.32. The molecule has 13 heavy (non-hydrogen) atoms. The van der Waals surface area contributed by atoms with Crippen molar-refractivity contribution < 1.29 is 0 Å². The van der Waals surface area contributed by atoms with Gasteiger partial charge in [0.2, 0.25) is 0 Å². The molecule has 3 heteroatoms. The number of rotatable bonds is 0. The van der Waals surface area contributed by atoms with E-state index in [2.05, 4.69) is 15.9 Å². The first-order valence-corrected chi connectivity index (χ1v) is 4.99. The molecule has 0 atom stereocenters. The van der Waals surface area contributed by atoms with Gasteiger partial charge in [-0.25, -0.2) is 0 Å². The molecule has 0 amide bonds. The molecule has 0 saturated carbocycles. The van der Waals surface area contributed by atoms with Gasteiger partial charge in [-0.3, -0.25) is 0 Å². The fourth-order valence-corrected chi connectivity index (χ4v) is 1.90. The smallest absolute Gasteiger partial charge is 0.0538 e. The molecule has 0 unspecified atom stereocenters. The van der Waals surface area contributed by atoms with E-state index in [1.165, 1.54) is 0 Å². The molecule has 2 aromatic rings. The van der Waals surface area contributed by atoms with Crippen LogP contribution in [-0.4, -0.2) is 0 Å². The van der Waals surface area contributed by atoms with Gasteiger partial charge in [0.15, 0.2) is 0 Å². The van der Waals surface area contributed by atoms with Crippen molar-refractivity contribution in [1.29, 1.82) is 0 Å². The molecule has 2 N–H and O–H groups in total. The fraction of sp³-hybridized carbons (Fsp3) is 0. The molecule has 0 radical (unpaired) electrons. The Labute approximate surface area is 89.6 Å². The van der Waals surface area contributed by atoms with Gasteiger partial charge in [0, 0.05) is 20.3 Å². The molecule has 66 valence electrons. The third-order valence-corrected chi connectivity index (χ3v) is 3.02. The van der Waals surface area contributed by atoms with Crippen molar-refractivity contribution in [2.24, 2.45) is 0 Å². The van der Waals surface area contributed by atoms with E-state index >= 15 is 0 Å². The van der Waals surface area contributed by atoms with E-state index in [0.717, 1.165) is 26.0 Å². The van der Waals surface area contributed by atoms with Crippen molar-refractivity contribution in [2.45, 2.75) is 0 Å². The summed E-state index contributed by atoms with van der Waals surface area (Å²) in [5.41, 5.74) is 6.62. The standard InChI is InChI=1S/C10H7BrClN/c11-8-5-4-6-7(10(8)13)2-1-3-9(6)12/h1-5H,13H2. The number of hydrogen-bond acceptors (Lipinski definition) is 1. The summed E-state index contributed by atoms with van der Waals surface area (Å²) < 4.78 is 0.905. The lowest BCUT2D eigenvalue weighted by Crippen LogP contribution is -1.88. The molecule has 1 nitrogen and oxygen atoms in total. The Morgan fingerprint density at radius 2 is 1.85 bits per heavy atom. The van der Waals surface area contributed by atoms with Gasteiger partial charge in [-0.1, -0.05) is 29.8 Å². The van der Waals surface area contributed by atoms with E-state index in [9.17, 15) is 0 Å². The Balaban J connectivity index is 2.94. The molecule has 0 saturated heterocycles. The summed E-state index contributed by atoms with van der Waals surface area (Å²) in [5, 5.41) is 2.71. The zero-order valence-corrected chi connectivity index (χ0v) is 9.06. The topological polar surface area (TPSA) is 26.0 Å². The summed E-state index contributed by atoms with van der Waals surface area (Å²) in [6.07, 6.45) is 0. The van der Waals surface area contributed by atoms with E-state index in [0.29, 0.717) is 0 Å². The van der Waals surface area contributed by atoms with Crippen LogP contribution in [0.4, 0.5) is 5.69 Å². The van der Waals surface area contributed by atoms with Gasteiger partial charge in [-0.15, -0.1) is 0 Å². The summed E-state index contributed by atoms with van der Waals surface area (Å²) in [6, 6.07) is 9.58. The Hall–Kier alpha value is -0.730. The maximum absolute atomic E-state index is 6.01. The van der Waals surface area contributed by atoms with Gasteiger partial charge in [0.05, 0.1) is 5.69 Å². The first-order chi connectivity index (χ1) is 6.20. The van der Waals surface area contributed by atoms with Crippen molar-refractivity contribution in [2.75, 3.05) is 5.73 Å².